The molecule has 0 aliphatic carbocycles. The van der Waals surface area contributed by atoms with Crippen LogP contribution in [0.2, 0.25) is 0 Å². The van der Waals surface area contributed by atoms with Gasteiger partial charge in [0.2, 0.25) is 0 Å². The van der Waals surface area contributed by atoms with Crippen LogP contribution in [0.15, 0.2) is 36.9 Å². The van der Waals surface area contributed by atoms with Gasteiger partial charge in [0, 0.05) is 31.2 Å². The van der Waals surface area contributed by atoms with Crippen molar-refractivity contribution in [3.05, 3.63) is 53.9 Å². The zero-order chi connectivity index (χ0) is 11.4. The van der Waals surface area contributed by atoms with Gasteiger partial charge in [-0.05, 0) is 30.2 Å². The Bertz CT molecular complexity index is 442. The van der Waals surface area contributed by atoms with Gasteiger partial charge in [-0.25, -0.2) is 9.97 Å². The number of pyridine rings is 1. The maximum atomic E-state index is 9.92. The topological polar surface area (TPSA) is 58.9 Å². The van der Waals surface area contributed by atoms with Crippen molar-refractivity contribution < 1.29 is 5.11 Å². The second-order valence-corrected chi connectivity index (χ2v) is 3.69. The van der Waals surface area contributed by atoms with Crippen LogP contribution >= 0.6 is 0 Å². The van der Waals surface area contributed by atoms with Crippen LogP contribution in [0.4, 0.5) is 0 Å². The molecule has 0 fully saturated rings. The lowest BCUT2D eigenvalue weighted by Gasteiger charge is -2.08. The van der Waals surface area contributed by atoms with Gasteiger partial charge in [-0.2, -0.15) is 0 Å². The fraction of sp³-hybridized carbons (Fsp3) is 0.250. The normalized spacial score (nSPS) is 12.4. The van der Waals surface area contributed by atoms with Crippen molar-refractivity contribution in [2.75, 3.05) is 0 Å². The van der Waals surface area contributed by atoms with Gasteiger partial charge in [-0.15, -0.1) is 0 Å². The summed E-state index contributed by atoms with van der Waals surface area (Å²) in [4.78, 5) is 12.1. The van der Waals surface area contributed by atoms with E-state index in [1.165, 1.54) is 0 Å². The molecule has 1 N–H and O–H groups in total. The molecule has 0 aromatic carbocycles. The number of hydrogen-bond acceptors (Lipinski definition) is 4. The highest BCUT2D eigenvalue weighted by atomic mass is 16.3. The molecule has 4 nitrogen and oxygen atoms in total. The lowest BCUT2D eigenvalue weighted by Crippen LogP contribution is -2.06. The van der Waals surface area contributed by atoms with E-state index in [2.05, 4.69) is 15.0 Å². The number of aliphatic hydroxyl groups is 1. The summed E-state index contributed by atoms with van der Waals surface area (Å²) in [5.41, 5.74) is 2.01. The molecule has 4 heteroatoms. The maximum Gasteiger partial charge on any atom is 0.157 e. The van der Waals surface area contributed by atoms with Gasteiger partial charge in [-0.1, -0.05) is 0 Å². The first-order valence-corrected chi connectivity index (χ1v) is 5.11. The van der Waals surface area contributed by atoms with Crippen molar-refractivity contribution in [3.63, 3.8) is 0 Å². The third-order valence-electron chi connectivity index (χ3n) is 2.28. The van der Waals surface area contributed by atoms with E-state index in [0.717, 1.165) is 11.1 Å². The Kier molecular flexibility index (Phi) is 3.22. The molecule has 2 heterocycles. The van der Waals surface area contributed by atoms with E-state index < -0.39 is 6.10 Å². The standard InChI is InChI=1S/C12H13N3O/c1-9-7-14-12(15-8-9)11(16)6-10-2-4-13-5-3-10/h2-5,7-8,11,16H,6H2,1H3. The number of hydrogen-bond donors (Lipinski definition) is 1. The maximum absolute atomic E-state index is 9.92. The van der Waals surface area contributed by atoms with E-state index in [9.17, 15) is 5.11 Å². The minimum atomic E-state index is -0.664. The van der Waals surface area contributed by atoms with Crippen molar-refractivity contribution in [3.8, 4) is 0 Å². The Morgan fingerprint density at radius 1 is 1.19 bits per heavy atom. The van der Waals surface area contributed by atoms with Crippen LogP contribution < -0.4 is 0 Å². The third kappa shape index (κ3) is 2.61. The van der Waals surface area contributed by atoms with Crippen LogP contribution in [0.1, 0.15) is 23.1 Å². The van der Waals surface area contributed by atoms with Crippen molar-refractivity contribution in [1.82, 2.24) is 15.0 Å². The summed E-state index contributed by atoms with van der Waals surface area (Å²) in [5, 5.41) is 9.92. The fourth-order valence-corrected chi connectivity index (χ4v) is 1.41. The largest absolute Gasteiger partial charge is 0.385 e. The van der Waals surface area contributed by atoms with E-state index in [1.807, 2.05) is 19.1 Å². The first-order chi connectivity index (χ1) is 7.75. The second-order valence-electron chi connectivity index (χ2n) is 3.69. The summed E-state index contributed by atoms with van der Waals surface area (Å²) in [5.74, 6) is 0.461. The predicted molar refractivity (Wildman–Crippen MR) is 59.7 cm³/mol. The Morgan fingerprint density at radius 2 is 1.81 bits per heavy atom. The summed E-state index contributed by atoms with van der Waals surface area (Å²) in [7, 11) is 0. The minimum absolute atomic E-state index is 0.461. The molecule has 0 amide bonds. The van der Waals surface area contributed by atoms with Crippen LogP contribution in [0, 0.1) is 6.92 Å². The number of aromatic nitrogens is 3. The molecule has 16 heavy (non-hydrogen) atoms. The number of aryl methyl sites for hydroxylation is 1. The molecule has 0 radical (unpaired) electrons. The highest BCUT2D eigenvalue weighted by molar-refractivity contribution is 5.13. The van der Waals surface area contributed by atoms with Crippen LogP contribution in [0.5, 0.6) is 0 Å². The number of aliphatic hydroxyl groups excluding tert-OH is 1. The molecule has 1 atom stereocenters. The summed E-state index contributed by atoms with van der Waals surface area (Å²) in [6, 6.07) is 3.74. The molecule has 2 rings (SSSR count). The Hall–Kier alpha value is -1.81. The van der Waals surface area contributed by atoms with Crippen molar-refractivity contribution in [2.45, 2.75) is 19.4 Å². The van der Waals surface area contributed by atoms with E-state index in [4.69, 9.17) is 0 Å². The first-order valence-electron chi connectivity index (χ1n) is 5.11. The number of nitrogens with zero attached hydrogens (tertiary/aromatic N) is 3. The second kappa shape index (κ2) is 4.81. The van der Waals surface area contributed by atoms with E-state index >= 15 is 0 Å². The molecule has 0 bridgehead atoms. The fourth-order valence-electron chi connectivity index (χ4n) is 1.41. The Morgan fingerprint density at radius 3 is 2.44 bits per heavy atom. The van der Waals surface area contributed by atoms with Crippen molar-refractivity contribution in [2.24, 2.45) is 0 Å². The summed E-state index contributed by atoms with van der Waals surface area (Å²) >= 11 is 0. The zero-order valence-electron chi connectivity index (χ0n) is 9.04. The Balaban J connectivity index is 2.09. The van der Waals surface area contributed by atoms with Crippen LogP contribution in [-0.4, -0.2) is 20.1 Å². The van der Waals surface area contributed by atoms with Gasteiger partial charge in [-0.3, -0.25) is 4.98 Å². The first kappa shape index (κ1) is 10.7. The molecule has 0 saturated carbocycles. The molecule has 82 valence electrons. The molecule has 0 aliphatic rings. The average Bonchev–Trinajstić information content (AvgIpc) is 2.31. The van der Waals surface area contributed by atoms with E-state index in [-0.39, 0.29) is 0 Å². The van der Waals surface area contributed by atoms with Gasteiger partial charge < -0.3 is 5.11 Å². The van der Waals surface area contributed by atoms with Gasteiger partial charge in [0.1, 0.15) is 6.10 Å². The molecule has 2 aromatic heterocycles. The third-order valence-corrected chi connectivity index (χ3v) is 2.28. The average molecular weight is 215 g/mol. The smallest absolute Gasteiger partial charge is 0.157 e. The van der Waals surface area contributed by atoms with Crippen molar-refractivity contribution >= 4 is 0 Å². The van der Waals surface area contributed by atoms with Gasteiger partial charge in [0.25, 0.3) is 0 Å². The molecule has 0 spiro atoms. The summed E-state index contributed by atoms with van der Waals surface area (Å²) < 4.78 is 0. The molecular formula is C12H13N3O. The lowest BCUT2D eigenvalue weighted by atomic mass is 10.1. The quantitative estimate of drug-likeness (QED) is 0.842. The summed E-state index contributed by atoms with van der Waals surface area (Å²) in [6.45, 7) is 1.92. The molecule has 2 aromatic rings. The zero-order valence-corrected chi connectivity index (χ0v) is 9.04. The molecule has 0 aliphatic heterocycles. The number of rotatable bonds is 3. The van der Waals surface area contributed by atoms with Crippen LogP contribution in [0.25, 0.3) is 0 Å². The van der Waals surface area contributed by atoms with E-state index in [1.54, 1.807) is 24.8 Å². The van der Waals surface area contributed by atoms with Gasteiger partial charge in [0.15, 0.2) is 5.82 Å². The highest BCUT2D eigenvalue weighted by Crippen LogP contribution is 2.13. The van der Waals surface area contributed by atoms with Gasteiger partial charge in [0.05, 0.1) is 0 Å². The van der Waals surface area contributed by atoms with Crippen molar-refractivity contribution in [1.29, 1.82) is 0 Å². The molecular weight excluding hydrogens is 202 g/mol. The predicted octanol–water partition coefficient (Wildman–Crippen LogP) is 1.46. The lowest BCUT2D eigenvalue weighted by molar-refractivity contribution is 0.168. The van der Waals surface area contributed by atoms with Gasteiger partial charge >= 0.3 is 0 Å². The molecule has 1 unspecified atom stereocenters. The van der Waals surface area contributed by atoms with Crippen LogP contribution in [-0.2, 0) is 6.42 Å². The van der Waals surface area contributed by atoms with E-state index in [0.29, 0.717) is 12.2 Å². The monoisotopic (exact) mass is 215 g/mol. The minimum Gasteiger partial charge on any atom is -0.385 e. The highest BCUT2D eigenvalue weighted by Gasteiger charge is 2.10. The van der Waals surface area contributed by atoms with Crippen LogP contribution in [0.3, 0.4) is 0 Å². The SMILES string of the molecule is Cc1cnc(C(O)Cc2ccncc2)nc1. The molecule has 0 saturated heterocycles. The summed E-state index contributed by atoms with van der Waals surface area (Å²) in [6.07, 6.45) is 6.67. The Labute approximate surface area is 94.0 Å².